The molecular weight excluding hydrogens is 560 g/mol. The Hall–Kier alpha value is -4.29. The van der Waals surface area contributed by atoms with Gasteiger partial charge in [-0.25, -0.2) is 8.42 Å². The fourth-order valence-corrected chi connectivity index (χ4v) is 5.51. The molecule has 3 aromatic rings. The predicted molar refractivity (Wildman–Crippen MR) is 158 cm³/mol. The molecule has 3 amide bonds. The Bertz CT molecular complexity index is 1580. The number of carbonyl (C=O) groups is 4. The Morgan fingerprint density at radius 3 is 2.07 bits per heavy atom. The highest BCUT2D eigenvalue weighted by Gasteiger charge is 2.37. The van der Waals surface area contributed by atoms with Gasteiger partial charge < -0.3 is 10.4 Å². The molecule has 1 aliphatic heterocycles. The summed E-state index contributed by atoms with van der Waals surface area (Å²) in [7, 11) is -3.47. The summed E-state index contributed by atoms with van der Waals surface area (Å²) in [5.74, 6) is -2.54. The molecule has 0 aliphatic carbocycles. The van der Waals surface area contributed by atoms with Gasteiger partial charge >= 0.3 is 5.97 Å². The number of hydrogen-bond acceptors (Lipinski definition) is 7. The number of carbonyl (C=O) groups excluding carboxylic acids is 3. The van der Waals surface area contributed by atoms with Gasteiger partial charge in [-0.1, -0.05) is 50.2 Å². The van der Waals surface area contributed by atoms with Crippen LogP contribution >= 0.6 is 0 Å². The molecule has 0 saturated carbocycles. The zero-order chi connectivity index (χ0) is 30.6. The zero-order valence-corrected chi connectivity index (χ0v) is 24.4. The summed E-state index contributed by atoms with van der Waals surface area (Å²) in [6, 6.07) is 15.2. The van der Waals surface area contributed by atoms with Gasteiger partial charge in [0, 0.05) is 18.8 Å². The van der Waals surface area contributed by atoms with Gasteiger partial charge in [-0.3, -0.25) is 34.1 Å². The van der Waals surface area contributed by atoms with Gasteiger partial charge in [-0.05, 0) is 59.4 Å². The standard InChI is InChI=1S/C30H34N4O7S/c1-18(2)13-26(27(35)31-17-19-7-6-10-22(14-19)33-42(3,40)41)32-25(30(38)39)11-12-34-28(36)23-15-20-8-4-5-9-21(20)16-24(23)29(34)37/h4-10,14-16,18,25-26,32-33H,11-13,17H2,1-3H3,(H,31,35)(H,38,39)/t25?,26-/m0/s1. The maximum absolute atomic E-state index is 13.2. The molecule has 222 valence electrons. The summed E-state index contributed by atoms with van der Waals surface area (Å²) in [4.78, 5) is 52.5. The first kappa shape index (κ1) is 30.7. The third-order valence-corrected chi connectivity index (χ3v) is 7.51. The number of nitrogens with zero attached hydrogens (tertiary/aromatic N) is 1. The number of imide groups is 1. The first-order chi connectivity index (χ1) is 19.8. The Balaban J connectivity index is 1.42. The van der Waals surface area contributed by atoms with Gasteiger partial charge in [0.05, 0.1) is 23.4 Å². The molecule has 1 heterocycles. The van der Waals surface area contributed by atoms with Gasteiger partial charge in [0.15, 0.2) is 0 Å². The fraction of sp³-hybridized carbons (Fsp3) is 0.333. The summed E-state index contributed by atoms with van der Waals surface area (Å²) in [5.41, 5.74) is 1.57. The number of carboxylic acids is 1. The van der Waals surface area contributed by atoms with Crippen LogP contribution in [0.15, 0.2) is 60.7 Å². The topological polar surface area (TPSA) is 162 Å². The van der Waals surface area contributed by atoms with Gasteiger partial charge in [0.2, 0.25) is 15.9 Å². The first-order valence-corrected chi connectivity index (χ1v) is 15.4. The number of benzene rings is 3. The van der Waals surface area contributed by atoms with E-state index in [9.17, 15) is 32.7 Å². The Morgan fingerprint density at radius 2 is 1.52 bits per heavy atom. The highest BCUT2D eigenvalue weighted by Crippen LogP contribution is 2.28. The normalized spacial score (nSPS) is 14.6. The van der Waals surface area contributed by atoms with Gasteiger partial charge in [0.25, 0.3) is 11.8 Å². The number of nitrogens with one attached hydrogen (secondary N) is 3. The van der Waals surface area contributed by atoms with Crippen molar-refractivity contribution in [2.45, 2.75) is 45.3 Å². The summed E-state index contributed by atoms with van der Waals surface area (Å²) < 4.78 is 25.4. The summed E-state index contributed by atoms with van der Waals surface area (Å²) in [5, 5.41) is 17.3. The van der Waals surface area contributed by atoms with Gasteiger partial charge in [0.1, 0.15) is 6.04 Å². The maximum Gasteiger partial charge on any atom is 0.320 e. The zero-order valence-electron chi connectivity index (χ0n) is 23.6. The molecule has 4 rings (SSSR count). The van der Waals surface area contributed by atoms with Crippen molar-refractivity contribution in [2.75, 3.05) is 17.5 Å². The third-order valence-electron chi connectivity index (χ3n) is 6.90. The first-order valence-electron chi connectivity index (χ1n) is 13.5. The number of fused-ring (bicyclic) bond motifs is 2. The van der Waals surface area contributed by atoms with E-state index in [1.54, 1.807) is 36.4 Å². The van der Waals surface area contributed by atoms with Crippen LogP contribution in [0.4, 0.5) is 5.69 Å². The van der Waals surface area contributed by atoms with Crippen LogP contribution in [0.5, 0.6) is 0 Å². The predicted octanol–water partition coefficient (Wildman–Crippen LogP) is 2.97. The van der Waals surface area contributed by atoms with Crippen LogP contribution in [0.25, 0.3) is 10.8 Å². The Kier molecular flexibility index (Phi) is 9.27. The monoisotopic (exact) mass is 594 g/mol. The van der Waals surface area contributed by atoms with Crippen molar-refractivity contribution in [3.63, 3.8) is 0 Å². The lowest BCUT2D eigenvalue weighted by Crippen LogP contribution is -2.52. The van der Waals surface area contributed by atoms with Crippen molar-refractivity contribution in [2.24, 2.45) is 5.92 Å². The number of aliphatic carboxylic acids is 1. The second kappa shape index (κ2) is 12.7. The van der Waals surface area contributed by atoms with E-state index < -0.39 is 45.8 Å². The van der Waals surface area contributed by atoms with E-state index >= 15 is 0 Å². The number of sulfonamides is 1. The molecule has 3 aromatic carbocycles. The van der Waals surface area contributed by atoms with Crippen LogP contribution in [-0.4, -0.2) is 67.0 Å². The van der Waals surface area contributed by atoms with E-state index in [0.29, 0.717) is 17.7 Å². The van der Waals surface area contributed by atoms with Crippen LogP contribution < -0.4 is 15.4 Å². The van der Waals surface area contributed by atoms with Crippen molar-refractivity contribution < 1.29 is 32.7 Å². The highest BCUT2D eigenvalue weighted by atomic mass is 32.2. The van der Waals surface area contributed by atoms with Crippen LogP contribution in [0.1, 0.15) is 53.0 Å². The van der Waals surface area contributed by atoms with Crippen LogP contribution in [0.2, 0.25) is 0 Å². The van der Waals surface area contributed by atoms with E-state index in [4.69, 9.17) is 0 Å². The van der Waals surface area contributed by atoms with E-state index in [1.807, 2.05) is 38.1 Å². The van der Waals surface area contributed by atoms with Crippen molar-refractivity contribution in [1.82, 2.24) is 15.5 Å². The number of amides is 3. The van der Waals surface area contributed by atoms with Crippen LogP contribution in [0, 0.1) is 5.92 Å². The lowest BCUT2D eigenvalue weighted by molar-refractivity contribution is -0.140. The summed E-state index contributed by atoms with van der Waals surface area (Å²) in [6.07, 6.45) is 1.28. The van der Waals surface area contributed by atoms with Gasteiger partial charge in [-0.2, -0.15) is 0 Å². The molecule has 2 atom stereocenters. The van der Waals surface area contributed by atoms with Gasteiger partial charge in [-0.15, -0.1) is 0 Å². The molecule has 0 fully saturated rings. The average molecular weight is 595 g/mol. The summed E-state index contributed by atoms with van der Waals surface area (Å²) >= 11 is 0. The molecular formula is C30H34N4O7S. The van der Waals surface area contributed by atoms with Crippen molar-refractivity contribution in [1.29, 1.82) is 0 Å². The lowest BCUT2D eigenvalue weighted by atomic mass is 10.0. The molecule has 42 heavy (non-hydrogen) atoms. The highest BCUT2D eigenvalue weighted by molar-refractivity contribution is 7.92. The van der Waals surface area contributed by atoms with E-state index in [-0.39, 0.29) is 36.6 Å². The molecule has 11 nitrogen and oxygen atoms in total. The van der Waals surface area contributed by atoms with E-state index in [2.05, 4.69) is 15.4 Å². The molecule has 1 aliphatic rings. The molecule has 0 radical (unpaired) electrons. The average Bonchev–Trinajstić information content (AvgIpc) is 3.14. The second-order valence-corrected chi connectivity index (χ2v) is 12.6. The Labute approximate surface area is 244 Å². The van der Waals surface area contributed by atoms with Crippen LogP contribution in [-0.2, 0) is 26.2 Å². The van der Waals surface area contributed by atoms with Crippen molar-refractivity contribution >= 4 is 50.2 Å². The number of carboxylic acid groups (broad SMARTS) is 1. The minimum Gasteiger partial charge on any atom is -0.480 e. The molecule has 0 spiro atoms. The molecule has 0 bridgehead atoms. The molecule has 1 unspecified atom stereocenters. The maximum atomic E-state index is 13.2. The smallest absolute Gasteiger partial charge is 0.320 e. The van der Waals surface area contributed by atoms with Crippen molar-refractivity contribution in [3.8, 4) is 0 Å². The number of hydrogen-bond donors (Lipinski definition) is 4. The largest absolute Gasteiger partial charge is 0.480 e. The minimum atomic E-state index is -3.47. The second-order valence-electron chi connectivity index (χ2n) is 10.8. The summed E-state index contributed by atoms with van der Waals surface area (Å²) in [6.45, 7) is 3.76. The number of anilines is 1. The molecule has 4 N–H and O–H groups in total. The lowest BCUT2D eigenvalue weighted by Gasteiger charge is -2.25. The quantitative estimate of drug-likeness (QED) is 0.220. The SMILES string of the molecule is CC(C)C[C@H](NC(CCN1C(=O)c2cc3ccccc3cc2C1=O)C(=O)O)C(=O)NCc1cccc(NS(C)(=O)=O)c1. The minimum absolute atomic E-state index is 0.0513. The molecule has 0 saturated heterocycles. The molecule has 0 aromatic heterocycles. The fourth-order valence-electron chi connectivity index (χ4n) is 4.95. The Morgan fingerprint density at radius 1 is 0.905 bits per heavy atom. The van der Waals surface area contributed by atoms with E-state index in [1.165, 1.54) is 0 Å². The van der Waals surface area contributed by atoms with E-state index in [0.717, 1.165) is 21.9 Å². The van der Waals surface area contributed by atoms with Crippen LogP contribution in [0.3, 0.4) is 0 Å². The third kappa shape index (κ3) is 7.51. The molecule has 12 heteroatoms. The number of rotatable bonds is 13. The van der Waals surface area contributed by atoms with Crippen molar-refractivity contribution in [3.05, 3.63) is 77.4 Å².